The molecule has 2 N–H and O–H groups in total. The molecule has 0 aromatic heterocycles. The van der Waals surface area contributed by atoms with Crippen LogP contribution in [-0.2, 0) is 4.79 Å². The van der Waals surface area contributed by atoms with Gasteiger partial charge in [-0.2, -0.15) is 0 Å². The first-order valence-electron chi connectivity index (χ1n) is 6.03. The molecule has 3 heteroatoms. The molecule has 0 aliphatic heterocycles. The van der Waals surface area contributed by atoms with Crippen LogP contribution in [0.15, 0.2) is 0 Å². The van der Waals surface area contributed by atoms with Gasteiger partial charge in [-0.05, 0) is 24.7 Å². The summed E-state index contributed by atoms with van der Waals surface area (Å²) in [6.45, 7) is 8.46. The molecule has 1 fully saturated rings. The number of hydrogen-bond donors (Lipinski definition) is 2. The average molecular weight is 212 g/mol. The van der Waals surface area contributed by atoms with Crippen LogP contribution >= 0.6 is 0 Å². The molecule has 1 aliphatic carbocycles. The Morgan fingerprint density at radius 2 is 2.07 bits per heavy atom. The van der Waals surface area contributed by atoms with Crippen molar-refractivity contribution in [2.45, 2.75) is 52.5 Å². The molecule has 88 valence electrons. The van der Waals surface area contributed by atoms with Crippen molar-refractivity contribution in [3.05, 3.63) is 0 Å². The van der Waals surface area contributed by atoms with Crippen molar-refractivity contribution < 1.29 is 4.79 Å². The van der Waals surface area contributed by atoms with E-state index in [9.17, 15) is 4.79 Å². The van der Waals surface area contributed by atoms with Crippen LogP contribution in [0.2, 0.25) is 0 Å². The first-order chi connectivity index (χ1) is 7.03. The van der Waals surface area contributed by atoms with Gasteiger partial charge < -0.3 is 10.6 Å². The average Bonchev–Trinajstić information content (AvgIpc) is 2.96. The standard InChI is InChI=1S/C12H24N2O/c1-4-12(2,3)9-13-8-7-11(15)14-10-5-6-10/h10,13H,4-9H2,1-3H3,(H,14,15). The van der Waals surface area contributed by atoms with Crippen molar-refractivity contribution in [2.75, 3.05) is 13.1 Å². The van der Waals surface area contributed by atoms with Crippen LogP contribution in [-0.4, -0.2) is 25.0 Å². The predicted octanol–water partition coefficient (Wildman–Crippen LogP) is 1.68. The summed E-state index contributed by atoms with van der Waals surface area (Å²) in [7, 11) is 0. The van der Waals surface area contributed by atoms with Gasteiger partial charge in [-0.25, -0.2) is 0 Å². The highest BCUT2D eigenvalue weighted by atomic mass is 16.1. The molecule has 1 rings (SSSR count). The molecule has 1 aliphatic rings. The lowest BCUT2D eigenvalue weighted by Crippen LogP contribution is -2.33. The fourth-order valence-electron chi connectivity index (χ4n) is 1.28. The third-order valence-corrected chi connectivity index (χ3v) is 3.03. The van der Waals surface area contributed by atoms with Crippen LogP contribution in [0.1, 0.15) is 46.5 Å². The largest absolute Gasteiger partial charge is 0.353 e. The van der Waals surface area contributed by atoms with Gasteiger partial charge in [0.15, 0.2) is 0 Å². The zero-order chi connectivity index (χ0) is 11.3. The van der Waals surface area contributed by atoms with Crippen LogP contribution in [0.25, 0.3) is 0 Å². The molecule has 0 saturated heterocycles. The molecule has 0 spiro atoms. The molecule has 1 saturated carbocycles. The van der Waals surface area contributed by atoms with Gasteiger partial charge >= 0.3 is 0 Å². The molecule has 0 aromatic rings. The molecule has 15 heavy (non-hydrogen) atoms. The minimum atomic E-state index is 0.194. The van der Waals surface area contributed by atoms with E-state index in [1.165, 1.54) is 12.8 Å². The van der Waals surface area contributed by atoms with E-state index in [0.29, 0.717) is 17.9 Å². The van der Waals surface area contributed by atoms with Crippen LogP contribution in [0, 0.1) is 5.41 Å². The molecule has 0 radical (unpaired) electrons. The van der Waals surface area contributed by atoms with E-state index in [1.807, 2.05) is 0 Å². The summed E-state index contributed by atoms with van der Waals surface area (Å²) in [5, 5.41) is 6.33. The second-order valence-electron chi connectivity index (χ2n) is 5.29. The first-order valence-corrected chi connectivity index (χ1v) is 6.03. The van der Waals surface area contributed by atoms with Crippen LogP contribution < -0.4 is 10.6 Å². The van der Waals surface area contributed by atoms with Gasteiger partial charge in [0.25, 0.3) is 0 Å². The Morgan fingerprint density at radius 3 is 2.60 bits per heavy atom. The Balaban J connectivity index is 1.98. The summed E-state index contributed by atoms with van der Waals surface area (Å²) < 4.78 is 0. The zero-order valence-electron chi connectivity index (χ0n) is 10.2. The third kappa shape index (κ3) is 5.78. The monoisotopic (exact) mass is 212 g/mol. The summed E-state index contributed by atoms with van der Waals surface area (Å²) in [6, 6.07) is 0.490. The molecule has 0 aromatic carbocycles. The number of carbonyl (C=O) groups is 1. The van der Waals surface area contributed by atoms with E-state index >= 15 is 0 Å². The fraction of sp³-hybridized carbons (Fsp3) is 0.917. The van der Waals surface area contributed by atoms with Crippen molar-refractivity contribution in [2.24, 2.45) is 5.41 Å². The highest BCUT2D eigenvalue weighted by molar-refractivity contribution is 5.76. The summed E-state index contributed by atoms with van der Waals surface area (Å²) in [5.74, 6) is 0.194. The van der Waals surface area contributed by atoms with Gasteiger partial charge in [0.2, 0.25) is 5.91 Å². The Morgan fingerprint density at radius 1 is 1.40 bits per heavy atom. The minimum absolute atomic E-state index is 0.194. The third-order valence-electron chi connectivity index (χ3n) is 3.03. The number of rotatable bonds is 7. The maximum absolute atomic E-state index is 11.3. The second kappa shape index (κ2) is 5.50. The molecule has 1 amide bonds. The van der Waals surface area contributed by atoms with Crippen molar-refractivity contribution in [3.63, 3.8) is 0 Å². The minimum Gasteiger partial charge on any atom is -0.353 e. The van der Waals surface area contributed by atoms with Crippen LogP contribution in [0.3, 0.4) is 0 Å². The van der Waals surface area contributed by atoms with Gasteiger partial charge in [0.1, 0.15) is 0 Å². The van der Waals surface area contributed by atoms with Gasteiger partial charge in [0, 0.05) is 25.6 Å². The Bertz CT molecular complexity index is 210. The maximum Gasteiger partial charge on any atom is 0.221 e. The van der Waals surface area contributed by atoms with E-state index in [2.05, 4.69) is 31.4 Å². The smallest absolute Gasteiger partial charge is 0.221 e. The predicted molar refractivity (Wildman–Crippen MR) is 62.7 cm³/mol. The lowest BCUT2D eigenvalue weighted by molar-refractivity contribution is -0.121. The van der Waals surface area contributed by atoms with Gasteiger partial charge in [-0.1, -0.05) is 20.8 Å². The van der Waals surface area contributed by atoms with Crippen molar-refractivity contribution in [1.82, 2.24) is 10.6 Å². The SMILES string of the molecule is CCC(C)(C)CNCCC(=O)NC1CC1. The van der Waals surface area contributed by atoms with Crippen LogP contribution in [0.4, 0.5) is 0 Å². The Hall–Kier alpha value is -0.570. The first kappa shape index (κ1) is 12.5. The van der Waals surface area contributed by atoms with E-state index in [-0.39, 0.29) is 5.91 Å². The van der Waals surface area contributed by atoms with Crippen molar-refractivity contribution >= 4 is 5.91 Å². The summed E-state index contributed by atoms with van der Waals surface area (Å²) in [6.07, 6.45) is 4.11. The van der Waals surface area contributed by atoms with Gasteiger partial charge in [-0.3, -0.25) is 4.79 Å². The number of amides is 1. The molecular formula is C12H24N2O. The molecule has 0 bridgehead atoms. The van der Waals surface area contributed by atoms with Crippen molar-refractivity contribution in [3.8, 4) is 0 Å². The summed E-state index contributed by atoms with van der Waals surface area (Å²) in [5.41, 5.74) is 0.340. The maximum atomic E-state index is 11.3. The normalized spacial score (nSPS) is 16.5. The molecule has 0 heterocycles. The van der Waals surface area contributed by atoms with E-state index < -0.39 is 0 Å². The van der Waals surface area contributed by atoms with Crippen LogP contribution in [0.5, 0.6) is 0 Å². The zero-order valence-corrected chi connectivity index (χ0v) is 10.2. The van der Waals surface area contributed by atoms with E-state index in [4.69, 9.17) is 0 Å². The molecular weight excluding hydrogens is 188 g/mol. The second-order valence-corrected chi connectivity index (χ2v) is 5.29. The number of hydrogen-bond acceptors (Lipinski definition) is 2. The molecule has 0 unspecified atom stereocenters. The topological polar surface area (TPSA) is 41.1 Å². The van der Waals surface area contributed by atoms with Gasteiger partial charge in [-0.15, -0.1) is 0 Å². The lowest BCUT2D eigenvalue weighted by atomic mass is 9.90. The van der Waals surface area contributed by atoms with Gasteiger partial charge in [0.05, 0.1) is 0 Å². The molecule has 3 nitrogen and oxygen atoms in total. The number of carbonyl (C=O) groups excluding carboxylic acids is 1. The lowest BCUT2D eigenvalue weighted by Gasteiger charge is -2.22. The van der Waals surface area contributed by atoms with E-state index in [1.54, 1.807) is 0 Å². The summed E-state index contributed by atoms with van der Waals surface area (Å²) >= 11 is 0. The molecule has 0 atom stereocenters. The van der Waals surface area contributed by atoms with Crippen molar-refractivity contribution in [1.29, 1.82) is 0 Å². The Kier molecular flexibility index (Phi) is 4.58. The quantitative estimate of drug-likeness (QED) is 0.630. The highest BCUT2D eigenvalue weighted by Gasteiger charge is 2.22. The Labute approximate surface area is 93.0 Å². The fourth-order valence-corrected chi connectivity index (χ4v) is 1.28. The summed E-state index contributed by atoms with van der Waals surface area (Å²) in [4.78, 5) is 11.3. The highest BCUT2D eigenvalue weighted by Crippen LogP contribution is 2.19. The number of nitrogens with one attached hydrogen (secondary N) is 2. The van der Waals surface area contributed by atoms with E-state index in [0.717, 1.165) is 19.5 Å².